The number of hydrogen-bond acceptors (Lipinski definition) is 36. The van der Waals surface area contributed by atoms with Gasteiger partial charge in [-0.3, -0.25) is 0 Å². The normalized spacial score (nSPS) is 53.5. The molecule has 0 spiro atoms. The van der Waals surface area contributed by atoms with E-state index in [0.717, 1.165) is 47.0 Å². The summed E-state index contributed by atoms with van der Waals surface area (Å²) in [6, 6.07) is 0. The van der Waals surface area contributed by atoms with E-state index in [1.807, 2.05) is 0 Å². The monoisotopic (exact) mass is 1250 g/mol. The number of ether oxygens (including phenoxy) is 7. The van der Waals surface area contributed by atoms with E-state index in [1.54, 1.807) is 0 Å². The van der Waals surface area contributed by atoms with Crippen molar-refractivity contribution in [3.8, 4) is 0 Å². The predicted octanol–water partition coefficient (Wildman–Crippen LogP) is -12.0. The van der Waals surface area contributed by atoms with Crippen LogP contribution in [-0.4, -0.2) is 368 Å². The van der Waals surface area contributed by atoms with Gasteiger partial charge in [-0.05, 0) is 0 Å². The highest BCUT2D eigenvalue weighted by molar-refractivity contribution is 8.02. The number of aliphatic hydroxyl groups excluding tert-OH is 23. The molecule has 0 aromatic rings. The van der Waals surface area contributed by atoms with E-state index in [2.05, 4.69) is 0 Å². The Morgan fingerprint density at radius 1 is 0.218 bits per heavy atom. The maximum absolute atomic E-state index is 11.8. The van der Waals surface area contributed by atoms with Crippen LogP contribution in [0.2, 0.25) is 0 Å². The Labute approximate surface area is 469 Å². The van der Waals surface area contributed by atoms with Crippen LogP contribution in [0.3, 0.4) is 0 Å². The van der Waals surface area contributed by atoms with E-state index < -0.39 is 228 Å². The fourth-order valence-corrected chi connectivity index (χ4v) is 17.7. The van der Waals surface area contributed by atoms with Crippen LogP contribution in [0.15, 0.2) is 0 Å². The highest BCUT2D eigenvalue weighted by atomic mass is 32.2. The molecule has 0 saturated carbocycles. The molecule has 0 unspecified atom stereocenters. The summed E-state index contributed by atoms with van der Waals surface area (Å²) < 4.78 is 40.5. The van der Waals surface area contributed by atoms with Gasteiger partial charge in [-0.1, -0.05) is 0 Å². The van der Waals surface area contributed by atoms with E-state index in [1.165, 1.54) is 0 Å². The summed E-state index contributed by atoms with van der Waals surface area (Å²) >= 11 is 4.35. The molecule has 30 nitrogen and oxygen atoms in total. The van der Waals surface area contributed by atoms with Crippen molar-refractivity contribution in [2.24, 2.45) is 0 Å². The largest absolute Gasteiger partial charge is 0.394 e. The zero-order valence-electron chi connectivity index (χ0n) is 40.8. The minimum absolute atomic E-state index is 0.272. The smallest absolute Gasteiger partial charge is 0.183 e. The van der Waals surface area contributed by atoms with Crippen LogP contribution in [0, 0.1) is 0 Å². The fourth-order valence-electron chi connectivity index (χ4n) is 9.57. The molecule has 0 amide bonds. The first-order chi connectivity index (χ1) is 36.8. The van der Waals surface area contributed by atoms with E-state index in [4.69, 9.17) is 33.2 Å². The summed E-state index contributed by atoms with van der Waals surface area (Å²) in [5.41, 5.74) is -8.44. The van der Waals surface area contributed by atoms with Crippen molar-refractivity contribution in [1.82, 2.24) is 0 Å². The third-order valence-corrected chi connectivity index (χ3v) is 22.5. The van der Waals surface area contributed by atoms with Crippen LogP contribution in [-0.2, 0) is 33.2 Å². The lowest BCUT2D eigenvalue weighted by atomic mass is 10.0. The van der Waals surface area contributed by atoms with Crippen molar-refractivity contribution < 1.29 is 151 Å². The third-order valence-electron chi connectivity index (χ3n) is 14.5. The Morgan fingerprint density at radius 3 is 0.769 bits per heavy atom. The molecule has 78 heavy (non-hydrogen) atoms. The van der Waals surface area contributed by atoms with Crippen molar-refractivity contribution in [1.29, 1.82) is 0 Å². The molecule has 7 saturated heterocycles. The van der Waals surface area contributed by atoms with E-state index in [0.29, 0.717) is 23.5 Å². The quantitative estimate of drug-likeness (QED) is 0.0571. The molecular weight excluding hydrogens is 1180 g/mol. The number of thioether (sulfide) groups is 6. The van der Waals surface area contributed by atoms with Crippen LogP contribution < -0.4 is 0 Å². The number of rotatable bonds is 19. The predicted molar refractivity (Wildman–Crippen MR) is 271 cm³/mol. The summed E-state index contributed by atoms with van der Waals surface area (Å²) in [4.78, 5) is 0. The highest BCUT2D eigenvalue weighted by Crippen LogP contribution is 2.45. The first kappa shape index (κ1) is 66.4. The number of aliphatic hydroxyl groups is 23. The second-order valence-corrected chi connectivity index (χ2v) is 26.8. The van der Waals surface area contributed by atoms with Crippen molar-refractivity contribution in [3.63, 3.8) is 0 Å². The number of hydrogen-bond donors (Lipinski definition) is 23. The molecule has 7 rings (SSSR count). The van der Waals surface area contributed by atoms with Gasteiger partial charge in [-0.15, -0.1) is 70.6 Å². The summed E-state index contributed by atoms with van der Waals surface area (Å²) in [6.07, 6.45) is -44.9. The van der Waals surface area contributed by atoms with Gasteiger partial charge < -0.3 is 151 Å². The molecule has 23 N–H and O–H groups in total. The lowest BCUT2D eigenvalue weighted by Crippen LogP contribution is -2.61. The lowest BCUT2D eigenvalue weighted by Gasteiger charge is -2.47. The van der Waals surface area contributed by atoms with Gasteiger partial charge in [-0.2, -0.15) is 0 Å². The van der Waals surface area contributed by atoms with E-state index >= 15 is 0 Å². The highest BCUT2D eigenvalue weighted by Gasteiger charge is 2.55. The Hall–Kier alpha value is 0.900. The summed E-state index contributed by atoms with van der Waals surface area (Å²) in [5, 5.41) is 243. The maximum atomic E-state index is 11.8. The lowest BCUT2D eigenvalue weighted by molar-refractivity contribution is -0.276. The van der Waals surface area contributed by atoms with Gasteiger partial charge >= 0.3 is 0 Å². The van der Waals surface area contributed by atoms with Crippen molar-refractivity contribution >= 4 is 70.6 Å². The topological polar surface area (TPSA) is 530 Å². The van der Waals surface area contributed by atoms with Crippen LogP contribution in [0.25, 0.3) is 0 Å². The molecule has 35 atom stereocenters. The van der Waals surface area contributed by atoms with Crippen molar-refractivity contribution in [2.75, 3.05) is 42.8 Å². The van der Waals surface area contributed by atoms with Crippen molar-refractivity contribution in [3.05, 3.63) is 0 Å². The van der Waals surface area contributed by atoms with E-state index in [9.17, 15) is 117 Å². The maximum Gasteiger partial charge on any atom is 0.183 e. The second kappa shape index (κ2) is 29.1. The minimum atomic E-state index is -1.91. The molecule has 0 aliphatic carbocycles. The molecule has 0 aromatic heterocycles. The molecule has 36 heteroatoms. The Morgan fingerprint density at radius 2 is 0.449 bits per heavy atom. The standard InChI is InChI=1S/C42H72O30S6/c43-1-8-15(46)23(54)28(59)37(67-8)73-6-13-20(51)35(78-42-31(62)25(56)17(48)10(3-45)69-42)33(64)40(72-13)76-5-12-19(50)26(57)29(60)38(70-12)74-7-14-21(52)34(77-41-30(61)24(55)16(47)9(2-44)68-41)32(63)39(71-14)75-4-11-18(49)22(53)27(58)36(65)66-11/h8-65H,1-7H2/t8-,9-,10-,11-,12-,13-,14-,15-,16-,17-,18-,19-,20-,21-,22+,23+,24+,25+,26+,27-,28-,29-,30-,31-,32-,33-,34+,35+,36+,37+,38+,39+,40+,41+,42+/m1/s1. The zero-order chi connectivity index (χ0) is 57.3. The minimum Gasteiger partial charge on any atom is -0.394 e. The van der Waals surface area contributed by atoms with Gasteiger partial charge in [0.2, 0.25) is 0 Å². The van der Waals surface area contributed by atoms with Gasteiger partial charge in [0, 0.05) is 23.0 Å². The molecule has 0 radical (unpaired) electrons. The van der Waals surface area contributed by atoms with Crippen LogP contribution in [0.5, 0.6) is 0 Å². The fraction of sp³-hybridized carbons (Fsp3) is 1.00. The molecule has 456 valence electrons. The Bertz CT molecular complexity index is 1840. The third kappa shape index (κ3) is 14.5. The van der Waals surface area contributed by atoms with Crippen LogP contribution in [0.1, 0.15) is 0 Å². The first-order valence-corrected chi connectivity index (χ1v) is 30.7. The molecule has 0 bridgehead atoms. The SMILES string of the molecule is OC[C@H]1O[C@@H](SC[C@H]2O[C@@H](SC[C@H]3O[C@@H](SC[C@H]4O[C@@H](SC[C@H]5O[C@H](O)[C@H](O)[C@@H](O)[C@@H]5O)[C@H](O)[C@@H](S[C@@H]5O[C@H](CO)[C@@H](O)[C@H](O)[C@H]5O)[C@@H]4O)[C@H](O)[C@@H](O)[C@@H]3O)[C@H](O)[C@@H](S[C@@H]3O[C@H](CO)[C@@H](O)[C@H](O)[C@H]3O)[C@@H]2O)[C@H](O)[C@@H](O)[C@@H]1O. The second-order valence-electron chi connectivity index (χ2n) is 19.7. The molecule has 0 aromatic carbocycles. The van der Waals surface area contributed by atoms with Crippen LogP contribution in [0.4, 0.5) is 0 Å². The molecular formula is C42H72O30S6. The molecule has 7 fully saturated rings. The van der Waals surface area contributed by atoms with Gasteiger partial charge in [-0.25, -0.2) is 0 Å². The van der Waals surface area contributed by atoms with Gasteiger partial charge in [0.25, 0.3) is 0 Å². The Balaban J connectivity index is 1.06. The molecule has 7 heterocycles. The van der Waals surface area contributed by atoms with Gasteiger partial charge in [0.05, 0.1) is 66.9 Å². The first-order valence-electron chi connectivity index (χ1n) is 24.6. The van der Waals surface area contributed by atoms with Gasteiger partial charge in [0.1, 0.15) is 155 Å². The van der Waals surface area contributed by atoms with Crippen molar-refractivity contribution in [2.45, 2.75) is 208 Å². The molecule has 7 aliphatic rings. The summed E-state index contributed by atoms with van der Waals surface area (Å²) in [7, 11) is 0. The average molecular weight is 1250 g/mol. The summed E-state index contributed by atoms with van der Waals surface area (Å²) in [5.74, 6) is -1.26. The molecule has 7 aliphatic heterocycles. The van der Waals surface area contributed by atoms with Crippen LogP contribution >= 0.6 is 70.6 Å². The summed E-state index contributed by atoms with van der Waals surface area (Å²) in [6.45, 7) is -2.33. The van der Waals surface area contributed by atoms with Gasteiger partial charge in [0.15, 0.2) is 6.29 Å². The zero-order valence-corrected chi connectivity index (χ0v) is 45.6. The average Bonchev–Trinajstić information content (AvgIpc) is 3.49. The Kier molecular flexibility index (Phi) is 24.8. The van der Waals surface area contributed by atoms with E-state index in [-0.39, 0.29) is 23.0 Å².